The molecule has 6 nitrogen and oxygen atoms in total. The molecule has 27 heavy (non-hydrogen) atoms. The lowest BCUT2D eigenvalue weighted by atomic mass is 10.2. The van der Waals surface area contributed by atoms with E-state index in [1.54, 1.807) is 19.1 Å². The molecule has 2 aromatic carbocycles. The topological polar surface area (TPSA) is 76.9 Å². The molecule has 0 bridgehead atoms. The predicted molar refractivity (Wildman–Crippen MR) is 108 cm³/mol. The number of para-hydroxylation sites is 1. The second-order valence-electron chi connectivity index (χ2n) is 5.91. The van der Waals surface area contributed by atoms with E-state index in [0.717, 1.165) is 11.3 Å². The maximum atomic E-state index is 12.7. The molecule has 0 fully saturated rings. The first-order valence-corrected chi connectivity index (χ1v) is 11.2. The second-order valence-corrected chi connectivity index (χ2v) is 8.83. The van der Waals surface area contributed by atoms with E-state index in [9.17, 15) is 8.42 Å². The minimum Gasteiger partial charge on any atom is -0.273 e. The molecule has 0 unspecified atom stereocenters. The van der Waals surface area contributed by atoms with Crippen molar-refractivity contribution in [3.63, 3.8) is 0 Å². The predicted octanol–water partition coefficient (Wildman–Crippen LogP) is 3.74. The van der Waals surface area contributed by atoms with Gasteiger partial charge in [-0.3, -0.25) is 4.57 Å². The number of hydrogen-bond acceptors (Lipinski definition) is 5. The molecule has 0 spiro atoms. The molecule has 0 aliphatic carbocycles. The summed E-state index contributed by atoms with van der Waals surface area (Å²) < 4.78 is 30.0. The third kappa shape index (κ3) is 4.03. The van der Waals surface area contributed by atoms with Gasteiger partial charge in [0.15, 0.2) is 11.0 Å². The number of sulfonamides is 1. The molecule has 1 heterocycles. The summed E-state index contributed by atoms with van der Waals surface area (Å²) in [4.78, 5) is 0.155. The van der Waals surface area contributed by atoms with Crippen molar-refractivity contribution < 1.29 is 8.42 Å². The van der Waals surface area contributed by atoms with Gasteiger partial charge in [-0.1, -0.05) is 47.6 Å². The number of hydrogen-bond donors (Lipinski definition) is 1. The molecule has 0 amide bonds. The van der Waals surface area contributed by atoms with Crippen LogP contribution in [-0.4, -0.2) is 29.4 Å². The Kier molecular flexibility index (Phi) is 5.90. The molecule has 3 rings (SSSR count). The van der Waals surface area contributed by atoms with E-state index in [2.05, 4.69) is 14.9 Å². The largest absolute Gasteiger partial charge is 0.273 e. The summed E-state index contributed by atoms with van der Waals surface area (Å²) in [5.41, 5.74) is 2.47. The van der Waals surface area contributed by atoms with Crippen molar-refractivity contribution in [2.45, 2.75) is 30.4 Å². The highest BCUT2D eigenvalue weighted by Crippen LogP contribution is 2.24. The highest BCUT2D eigenvalue weighted by molar-refractivity contribution is 7.98. The van der Waals surface area contributed by atoms with Gasteiger partial charge in [-0.15, -0.1) is 10.2 Å². The van der Waals surface area contributed by atoms with Crippen molar-refractivity contribution in [1.82, 2.24) is 19.5 Å². The Labute approximate surface area is 168 Å². The van der Waals surface area contributed by atoms with Crippen LogP contribution in [-0.2, 0) is 16.6 Å². The maximum absolute atomic E-state index is 12.7. The first-order chi connectivity index (χ1) is 12.8. The van der Waals surface area contributed by atoms with E-state index in [-0.39, 0.29) is 11.4 Å². The van der Waals surface area contributed by atoms with Gasteiger partial charge in [-0.05, 0) is 49.4 Å². The molecule has 0 saturated carbocycles. The van der Waals surface area contributed by atoms with Gasteiger partial charge >= 0.3 is 0 Å². The zero-order chi connectivity index (χ0) is 19.6. The lowest BCUT2D eigenvalue weighted by Gasteiger charge is -2.13. The van der Waals surface area contributed by atoms with Gasteiger partial charge in [0.1, 0.15) is 0 Å². The molecule has 0 radical (unpaired) electrons. The van der Waals surface area contributed by atoms with E-state index in [4.69, 9.17) is 11.6 Å². The van der Waals surface area contributed by atoms with Crippen LogP contribution in [0, 0.1) is 13.8 Å². The standard InChI is InChI=1S/C18H19ClN4O2S2/c1-12-7-4-5-9-15(12)23-17(21-22-18(23)26-3)11-20-27(24,25)16-10-6-8-14(19)13(16)2/h4-10,20H,11H2,1-3H3. The van der Waals surface area contributed by atoms with E-state index < -0.39 is 10.0 Å². The van der Waals surface area contributed by atoms with Gasteiger partial charge in [0, 0.05) is 5.02 Å². The molecule has 3 aromatic rings. The van der Waals surface area contributed by atoms with E-state index in [1.165, 1.54) is 17.8 Å². The number of benzene rings is 2. The van der Waals surface area contributed by atoms with Crippen LogP contribution >= 0.6 is 23.4 Å². The molecule has 0 aliphatic heterocycles. The van der Waals surface area contributed by atoms with E-state index >= 15 is 0 Å². The molecule has 142 valence electrons. The summed E-state index contributed by atoms with van der Waals surface area (Å²) in [6.45, 7) is 3.68. The number of aryl methyl sites for hydroxylation is 1. The fourth-order valence-corrected chi connectivity index (χ4v) is 4.70. The van der Waals surface area contributed by atoms with Gasteiger partial charge in [-0.2, -0.15) is 0 Å². The number of aromatic nitrogens is 3. The van der Waals surface area contributed by atoms with Crippen molar-refractivity contribution in [2.75, 3.05) is 6.26 Å². The molecule has 1 N–H and O–H groups in total. The quantitative estimate of drug-likeness (QED) is 0.612. The highest BCUT2D eigenvalue weighted by Gasteiger charge is 2.21. The normalized spacial score (nSPS) is 11.7. The zero-order valence-electron chi connectivity index (χ0n) is 15.1. The van der Waals surface area contributed by atoms with Crippen molar-refractivity contribution in [1.29, 1.82) is 0 Å². The van der Waals surface area contributed by atoms with Crippen molar-refractivity contribution in [2.24, 2.45) is 0 Å². The SMILES string of the molecule is CSc1nnc(CNS(=O)(=O)c2cccc(Cl)c2C)n1-c1ccccc1C. The molecule has 0 aliphatic rings. The van der Waals surface area contributed by atoms with Crippen LogP contribution in [0.25, 0.3) is 5.69 Å². The Bertz CT molecular complexity index is 1080. The lowest BCUT2D eigenvalue weighted by Crippen LogP contribution is -2.25. The average molecular weight is 423 g/mol. The fraction of sp³-hybridized carbons (Fsp3) is 0.222. The average Bonchev–Trinajstić information content (AvgIpc) is 3.05. The Morgan fingerprint density at radius 1 is 1.11 bits per heavy atom. The Hall–Kier alpha value is -1.87. The van der Waals surface area contributed by atoms with Crippen LogP contribution in [0.5, 0.6) is 0 Å². The summed E-state index contributed by atoms with van der Waals surface area (Å²) in [6.07, 6.45) is 1.90. The van der Waals surface area contributed by atoms with Gasteiger partial charge in [0.25, 0.3) is 0 Å². The fourth-order valence-electron chi connectivity index (χ4n) is 2.72. The van der Waals surface area contributed by atoms with Crippen LogP contribution in [0.2, 0.25) is 5.02 Å². The van der Waals surface area contributed by atoms with Crippen LogP contribution in [0.4, 0.5) is 0 Å². The monoisotopic (exact) mass is 422 g/mol. The van der Waals surface area contributed by atoms with Gasteiger partial charge < -0.3 is 0 Å². The highest BCUT2D eigenvalue weighted by atomic mass is 35.5. The number of thioether (sulfide) groups is 1. The van der Waals surface area contributed by atoms with Gasteiger partial charge in [0.2, 0.25) is 10.0 Å². The maximum Gasteiger partial charge on any atom is 0.241 e. The molecule has 9 heteroatoms. The lowest BCUT2D eigenvalue weighted by molar-refractivity contribution is 0.577. The molecular formula is C18H19ClN4O2S2. The number of halogens is 1. The summed E-state index contributed by atoms with van der Waals surface area (Å²) in [5, 5.41) is 9.46. The minimum atomic E-state index is -3.74. The van der Waals surface area contributed by atoms with Gasteiger partial charge in [-0.25, -0.2) is 13.1 Å². The second kappa shape index (κ2) is 8.02. The first-order valence-electron chi connectivity index (χ1n) is 8.14. The number of nitrogens with zero attached hydrogens (tertiary/aromatic N) is 3. The minimum absolute atomic E-state index is 0.0101. The molecule has 0 atom stereocenters. The molecule has 0 saturated heterocycles. The Balaban J connectivity index is 1.95. The summed E-state index contributed by atoms with van der Waals surface area (Å²) in [5.74, 6) is 0.511. The van der Waals surface area contributed by atoms with Crippen molar-refractivity contribution in [3.05, 3.63) is 64.4 Å². The van der Waals surface area contributed by atoms with E-state index in [1.807, 2.05) is 42.0 Å². The van der Waals surface area contributed by atoms with Crippen molar-refractivity contribution >= 4 is 33.4 Å². The van der Waals surface area contributed by atoms with E-state index in [0.29, 0.717) is 21.6 Å². The summed E-state index contributed by atoms with van der Waals surface area (Å²) in [7, 11) is -3.74. The molecular weight excluding hydrogens is 404 g/mol. The van der Waals surface area contributed by atoms with Crippen LogP contribution in [0.1, 0.15) is 17.0 Å². The Morgan fingerprint density at radius 3 is 2.56 bits per heavy atom. The van der Waals surface area contributed by atoms with Crippen LogP contribution in [0.3, 0.4) is 0 Å². The van der Waals surface area contributed by atoms with Crippen molar-refractivity contribution in [3.8, 4) is 5.69 Å². The third-order valence-electron chi connectivity index (χ3n) is 4.17. The number of nitrogens with one attached hydrogen (secondary N) is 1. The van der Waals surface area contributed by atoms with Gasteiger partial charge in [0.05, 0.1) is 17.1 Å². The smallest absolute Gasteiger partial charge is 0.241 e. The summed E-state index contributed by atoms with van der Waals surface area (Å²) in [6, 6.07) is 12.6. The van der Waals surface area contributed by atoms with Crippen LogP contribution in [0.15, 0.2) is 52.5 Å². The Morgan fingerprint density at radius 2 is 1.85 bits per heavy atom. The number of rotatable bonds is 6. The molecule has 1 aromatic heterocycles. The third-order valence-corrected chi connectivity index (χ3v) is 6.75. The zero-order valence-corrected chi connectivity index (χ0v) is 17.5. The summed E-state index contributed by atoms with van der Waals surface area (Å²) >= 11 is 7.51. The first kappa shape index (κ1) is 19.9. The van der Waals surface area contributed by atoms with Crippen LogP contribution < -0.4 is 4.72 Å².